The van der Waals surface area contributed by atoms with Gasteiger partial charge in [0.1, 0.15) is 71.8 Å². The summed E-state index contributed by atoms with van der Waals surface area (Å²) >= 11 is 0. The highest BCUT2D eigenvalue weighted by Gasteiger charge is 2.55. The van der Waals surface area contributed by atoms with E-state index in [0.29, 0.717) is 57.2 Å². The molecule has 1 saturated heterocycles. The Kier molecular flexibility index (Phi) is 61.6. The van der Waals surface area contributed by atoms with Crippen molar-refractivity contribution in [2.75, 3.05) is 133 Å². The lowest BCUT2D eigenvalue weighted by Crippen LogP contribution is -2.47. The van der Waals surface area contributed by atoms with Gasteiger partial charge in [0.2, 0.25) is 0 Å². The van der Waals surface area contributed by atoms with Gasteiger partial charge in [-0.1, -0.05) is 208 Å². The molecule has 23 nitrogen and oxygen atoms in total. The van der Waals surface area contributed by atoms with Gasteiger partial charge in [0, 0.05) is 58.4 Å². The van der Waals surface area contributed by atoms with Gasteiger partial charge in [-0.2, -0.15) is 0 Å². The van der Waals surface area contributed by atoms with E-state index in [4.69, 9.17) is 52.1 Å². The van der Waals surface area contributed by atoms with Gasteiger partial charge in [-0.25, -0.2) is 9.59 Å². The van der Waals surface area contributed by atoms with Gasteiger partial charge in [-0.15, -0.1) is 0 Å². The summed E-state index contributed by atoms with van der Waals surface area (Å²) in [5.41, 5.74) is 0.310. The van der Waals surface area contributed by atoms with Gasteiger partial charge in [0.25, 0.3) is 0 Å². The second-order valence-corrected chi connectivity index (χ2v) is 47.2. The van der Waals surface area contributed by atoms with Crippen LogP contribution in [0, 0.1) is 87.3 Å². The molecule has 1 heterocycles. The quantitative estimate of drug-likeness (QED) is 0.0254. The SMILES string of the molecule is CCCCC/C=C\C/C=C\CCCCCCCC(=O)OCC(COC(=O)CC12CC3CC(CC(C3)C1)C2)COC(=O)OCCN1CCN(C)CC1.CCCCC/C=C\C/C=C\CCCCCCCC(=O)OCC(COC(=O)CCCCN(C)C)COC(=O)CC12CC3CC(CC(C3)C1)C2.CCCCC/C=C\C/C=C\CCCCCCCC(=O)OCC(COC(=O)COc1ccccc1)COC(=O)CC12CC3CC(CC(C3)C1)C2. The van der Waals surface area contributed by atoms with Crippen LogP contribution >= 0.6 is 0 Å². The molecule has 3 unspecified atom stereocenters. The van der Waals surface area contributed by atoms with E-state index in [1.54, 1.807) is 12.1 Å². The summed E-state index contributed by atoms with van der Waals surface area (Å²) in [5.74, 6) is 4.23. The number of hydrogen-bond donors (Lipinski definition) is 0. The molecule has 14 rings (SSSR count). The Labute approximate surface area is 894 Å². The fourth-order valence-corrected chi connectivity index (χ4v) is 26.2. The average Bonchev–Trinajstić information content (AvgIpc) is 0.758. The minimum absolute atomic E-state index is 0.0153. The number of benzene rings is 1. The van der Waals surface area contributed by atoms with E-state index in [1.807, 2.05) is 32.3 Å². The highest BCUT2D eigenvalue weighted by atomic mass is 16.7. The third kappa shape index (κ3) is 53.8. The molecule has 1 aliphatic heterocycles. The van der Waals surface area contributed by atoms with Gasteiger partial charge < -0.3 is 61.9 Å². The molecule has 0 amide bonds. The number of esters is 8. The van der Waals surface area contributed by atoms with Crippen molar-refractivity contribution in [1.82, 2.24) is 14.7 Å². The lowest BCUT2D eigenvalue weighted by molar-refractivity contribution is -0.160. The van der Waals surface area contributed by atoms with Gasteiger partial charge in [0.05, 0.1) is 37.0 Å². The Balaban J connectivity index is 0.000000247. The van der Waals surface area contributed by atoms with E-state index in [1.165, 1.54) is 161 Å². The summed E-state index contributed by atoms with van der Waals surface area (Å²) in [4.78, 5) is 121. The highest BCUT2D eigenvalue weighted by molar-refractivity contribution is 5.73. The first-order chi connectivity index (χ1) is 72.0. The highest BCUT2D eigenvalue weighted by Crippen LogP contribution is 2.64. The molecule has 0 aromatic heterocycles. The van der Waals surface area contributed by atoms with Crippen molar-refractivity contribution in [3.8, 4) is 5.75 Å². The van der Waals surface area contributed by atoms with Crippen LogP contribution < -0.4 is 4.74 Å². The van der Waals surface area contributed by atoms with E-state index in [2.05, 4.69) is 115 Å². The zero-order valence-electron chi connectivity index (χ0n) is 93.2. The number of hydrogen-bond acceptors (Lipinski definition) is 23. The van der Waals surface area contributed by atoms with Crippen molar-refractivity contribution in [3.05, 3.63) is 103 Å². The van der Waals surface area contributed by atoms with Crippen molar-refractivity contribution in [3.63, 3.8) is 0 Å². The fraction of sp³-hybridized carbons (Fsp3) is 0.784. The van der Waals surface area contributed by atoms with Crippen molar-refractivity contribution in [1.29, 1.82) is 0 Å². The number of carbonyl (C=O) groups is 9. The molecular formula is C125H201N3O20. The van der Waals surface area contributed by atoms with E-state index < -0.39 is 24.0 Å². The van der Waals surface area contributed by atoms with Crippen LogP contribution in [0.2, 0.25) is 0 Å². The Morgan fingerprint density at radius 2 is 0.574 bits per heavy atom. The van der Waals surface area contributed by atoms with Crippen LogP contribution in [0.4, 0.5) is 4.79 Å². The minimum atomic E-state index is -0.745. The van der Waals surface area contributed by atoms with Crippen LogP contribution in [-0.4, -0.2) is 202 Å². The third-order valence-corrected chi connectivity index (χ3v) is 32.9. The standard InChI is InChI=1S/C42H70N2O7.C42H62O7.C41H69NO6/c1-3-4-5-6-7-8-9-10-11-12-13-14-15-16-17-18-39(45)49-32-38(34-51-41(47)48-24-23-44-21-19-43(2)20-22-44)33-50-40(46)31-42-28-35-25-36(29-42)27-37(26-35)30-42;1-2-3-4-5-6-7-8-9-10-11-12-13-14-15-19-22-39(43)47-30-37(32-49-41(45)33-46-38-20-17-16-18-21-38)31-48-40(44)29-42-26-34-23-35(27-42)25-36(24-34)28-42;1-4-5-6-7-8-9-10-11-12-13-14-15-16-17-18-21-38(43)46-31-37(32-47-39(44)22-19-20-23-42(2)3)33-48-40(45)30-41-27-34-24-35(28-41)26-36(25-34)29-41/h7-8,10-11,35-38H,3-6,9,12-34H2,1-2H3;6-7,9-10,16-18,20-21,34-37H,2-5,8,11-15,19,22-33H2,1H3;8-9,11-12,34-37H,4-7,10,13-33H2,1-3H3/b8-7-,11-10-;7-6-,10-9-;9-8-,12-11-. The lowest BCUT2D eigenvalue weighted by atomic mass is 9.49. The van der Waals surface area contributed by atoms with Crippen LogP contribution in [0.5, 0.6) is 5.75 Å². The summed E-state index contributed by atoms with van der Waals surface area (Å²) in [5, 5.41) is 0. The molecule has 0 radical (unpaired) electrons. The second-order valence-electron chi connectivity index (χ2n) is 47.2. The molecule has 148 heavy (non-hydrogen) atoms. The maximum absolute atomic E-state index is 13.1. The molecule has 0 spiro atoms. The summed E-state index contributed by atoms with van der Waals surface area (Å²) in [6.07, 6.45) is 90.8. The Morgan fingerprint density at radius 1 is 0.311 bits per heavy atom. The van der Waals surface area contributed by atoms with Crippen LogP contribution in [0.15, 0.2) is 103 Å². The second kappa shape index (κ2) is 73.6. The summed E-state index contributed by atoms with van der Waals surface area (Å²) in [6.45, 7) is 12.7. The number of likely N-dealkylation sites (N-methyl/N-ethyl adjacent to an activating group) is 1. The Morgan fingerprint density at radius 3 is 0.872 bits per heavy atom. The molecule has 3 atom stereocenters. The molecule has 1 aromatic carbocycles. The number of ether oxygens (including phenoxy) is 11. The van der Waals surface area contributed by atoms with Gasteiger partial charge >= 0.3 is 53.9 Å². The first-order valence-electron chi connectivity index (χ1n) is 59.7. The zero-order chi connectivity index (χ0) is 105. The van der Waals surface area contributed by atoms with Gasteiger partial charge in [-0.3, -0.25) is 38.5 Å². The molecule has 12 bridgehead atoms. The number of rotatable bonds is 77. The molecule has 13 aliphatic rings. The lowest BCUT2D eigenvalue weighted by Gasteiger charge is -2.56. The summed E-state index contributed by atoms with van der Waals surface area (Å²) < 4.78 is 61.4. The molecular weight excluding hydrogens is 1860 g/mol. The summed E-state index contributed by atoms with van der Waals surface area (Å²) in [7, 11) is 6.15. The van der Waals surface area contributed by atoms with Crippen molar-refractivity contribution < 1.29 is 95.3 Å². The predicted molar refractivity (Wildman–Crippen MR) is 587 cm³/mol. The first kappa shape index (κ1) is 124. The topological polar surface area (TPSA) is 265 Å². The normalized spacial score (nSPS) is 24.1. The van der Waals surface area contributed by atoms with Crippen molar-refractivity contribution >= 4 is 53.9 Å². The molecule has 23 heteroatoms. The molecule has 12 saturated carbocycles. The van der Waals surface area contributed by atoms with E-state index in [-0.39, 0.29) is 137 Å². The van der Waals surface area contributed by atoms with E-state index in [9.17, 15) is 43.2 Å². The molecule has 13 fully saturated rings. The zero-order valence-corrected chi connectivity index (χ0v) is 93.2. The minimum Gasteiger partial charge on any atom is -0.482 e. The smallest absolute Gasteiger partial charge is 0.482 e. The molecule has 836 valence electrons. The van der Waals surface area contributed by atoms with Crippen molar-refractivity contribution in [2.45, 2.75) is 406 Å². The number of carbonyl (C=O) groups excluding carboxylic acids is 9. The maximum Gasteiger partial charge on any atom is 0.508 e. The van der Waals surface area contributed by atoms with Crippen LogP contribution in [0.1, 0.15) is 406 Å². The number of para-hydroxylation sites is 1. The number of nitrogens with zero attached hydrogens (tertiary/aromatic N) is 3. The fourth-order valence-electron chi connectivity index (χ4n) is 26.2. The van der Waals surface area contributed by atoms with E-state index >= 15 is 0 Å². The maximum atomic E-state index is 13.1. The molecule has 0 N–H and O–H groups in total. The number of allylic oxidation sites excluding steroid dienone is 12. The van der Waals surface area contributed by atoms with E-state index in [0.717, 1.165) is 266 Å². The first-order valence-corrected chi connectivity index (χ1v) is 59.7. The third-order valence-electron chi connectivity index (χ3n) is 32.9. The molecule has 12 aliphatic carbocycles. The van der Waals surface area contributed by atoms with Crippen LogP contribution in [-0.2, 0) is 85.7 Å². The van der Waals surface area contributed by atoms with Gasteiger partial charge in [-0.05, 0) is 353 Å². The average molecular weight is 2070 g/mol. The monoisotopic (exact) mass is 2060 g/mol. The largest absolute Gasteiger partial charge is 0.508 e. The van der Waals surface area contributed by atoms with Gasteiger partial charge in [0.15, 0.2) is 6.61 Å². The summed E-state index contributed by atoms with van der Waals surface area (Å²) in [6, 6.07) is 9.08. The number of piperazine rings is 1. The van der Waals surface area contributed by atoms with Crippen molar-refractivity contribution in [2.24, 2.45) is 87.3 Å². The predicted octanol–water partition coefficient (Wildman–Crippen LogP) is 27.6. The van der Waals surface area contributed by atoms with Crippen LogP contribution in [0.3, 0.4) is 0 Å². The Bertz CT molecular complexity index is 3940. The Hall–Kier alpha value is -7.63. The molecule has 1 aromatic rings. The number of unbranched alkanes of at least 4 members (excludes halogenated alkanes) is 25. The van der Waals surface area contributed by atoms with Crippen LogP contribution in [0.25, 0.3) is 0 Å².